The monoisotopic (exact) mass is 312 g/mol. The van der Waals surface area contributed by atoms with Gasteiger partial charge in [-0.1, -0.05) is 12.1 Å². The van der Waals surface area contributed by atoms with Gasteiger partial charge >= 0.3 is 0 Å². The molecule has 2 bridgehead atoms. The maximum Gasteiger partial charge on any atom is 0.262 e. The van der Waals surface area contributed by atoms with E-state index in [0.29, 0.717) is 37.2 Å². The Balaban J connectivity index is 1.57. The normalized spacial score (nSPS) is 33.7. The predicted octanol–water partition coefficient (Wildman–Crippen LogP) is 0.720. The smallest absolute Gasteiger partial charge is 0.262 e. The number of hydrogen-bond donors (Lipinski definition) is 1. The van der Waals surface area contributed by atoms with Crippen LogP contribution < -0.4 is 5.32 Å². The lowest BCUT2D eigenvalue weighted by atomic mass is 9.75. The molecule has 3 amide bonds. The summed E-state index contributed by atoms with van der Waals surface area (Å²) in [5.41, 5.74) is -0.514. The summed E-state index contributed by atoms with van der Waals surface area (Å²) in [5.74, 6) is -0.633. The SMILES string of the molecule is O=C1c2ccccc2C(=O)N1C12CCC(C1)C1(COC1)NC2=O. The molecule has 1 spiro atoms. The van der Waals surface area contributed by atoms with Crippen molar-refractivity contribution in [2.75, 3.05) is 13.2 Å². The highest BCUT2D eigenvalue weighted by atomic mass is 16.5. The highest BCUT2D eigenvalue weighted by Gasteiger charge is 2.65. The van der Waals surface area contributed by atoms with Gasteiger partial charge in [0.05, 0.1) is 29.9 Å². The summed E-state index contributed by atoms with van der Waals surface area (Å²) in [7, 11) is 0. The fourth-order valence-corrected chi connectivity index (χ4v) is 4.66. The van der Waals surface area contributed by atoms with Gasteiger partial charge in [0.15, 0.2) is 0 Å². The van der Waals surface area contributed by atoms with E-state index < -0.39 is 5.54 Å². The fraction of sp³-hybridized carbons (Fsp3) is 0.471. The Kier molecular flexibility index (Phi) is 2.30. The molecule has 1 N–H and O–H groups in total. The fourth-order valence-electron chi connectivity index (χ4n) is 4.66. The molecule has 4 aliphatic rings. The first kappa shape index (κ1) is 13.2. The van der Waals surface area contributed by atoms with Gasteiger partial charge < -0.3 is 10.1 Å². The molecule has 3 fully saturated rings. The summed E-state index contributed by atoms with van der Waals surface area (Å²) < 4.78 is 5.30. The van der Waals surface area contributed by atoms with Gasteiger partial charge in [0.1, 0.15) is 5.54 Å². The van der Waals surface area contributed by atoms with Crippen LogP contribution in [0.25, 0.3) is 0 Å². The summed E-state index contributed by atoms with van der Waals surface area (Å²) >= 11 is 0. The number of imide groups is 1. The van der Waals surface area contributed by atoms with Crippen molar-refractivity contribution in [3.8, 4) is 0 Å². The Labute approximate surface area is 132 Å². The molecular weight excluding hydrogens is 296 g/mol. The maximum absolute atomic E-state index is 12.9. The first-order chi connectivity index (χ1) is 11.1. The zero-order valence-corrected chi connectivity index (χ0v) is 12.5. The average molecular weight is 312 g/mol. The van der Waals surface area contributed by atoms with Gasteiger partial charge in [-0.25, -0.2) is 0 Å². The van der Waals surface area contributed by atoms with Crippen molar-refractivity contribution < 1.29 is 19.1 Å². The number of nitrogens with zero attached hydrogens (tertiary/aromatic N) is 1. The lowest BCUT2D eigenvalue weighted by Crippen LogP contribution is -2.74. The standard InChI is InChI=1S/C17H16N2O4/c20-13-11-3-1-2-4-12(11)14(21)19(13)17-6-5-10(7-17)16(8-23-9-16)18-15(17)22/h1-4,10H,5-9H2,(H,18,22). The van der Waals surface area contributed by atoms with E-state index in [9.17, 15) is 14.4 Å². The number of amides is 3. The van der Waals surface area contributed by atoms with E-state index in [1.807, 2.05) is 0 Å². The number of carbonyl (C=O) groups excluding carboxylic acids is 3. The largest absolute Gasteiger partial charge is 0.376 e. The van der Waals surface area contributed by atoms with Crippen molar-refractivity contribution in [1.29, 1.82) is 0 Å². The quantitative estimate of drug-likeness (QED) is 0.775. The Morgan fingerprint density at radius 2 is 1.74 bits per heavy atom. The zero-order valence-electron chi connectivity index (χ0n) is 12.5. The minimum atomic E-state index is -1.03. The van der Waals surface area contributed by atoms with Crippen molar-refractivity contribution >= 4 is 17.7 Å². The minimum absolute atomic E-state index is 0.205. The second-order valence-corrected chi connectivity index (χ2v) is 7.07. The van der Waals surface area contributed by atoms with E-state index in [1.165, 1.54) is 4.90 Å². The summed E-state index contributed by atoms with van der Waals surface area (Å²) in [4.78, 5) is 39.7. The van der Waals surface area contributed by atoms with Crippen molar-refractivity contribution in [3.05, 3.63) is 35.4 Å². The molecule has 2 unspecified atom stereocenters. The third-order valence-electron chi connectivity index (χ3n) is 6.00. The number of carbonyl (C=O) groups is 3. The Morgan fingerprint density at radius 1 is 1.09 bits per heavy atom. The van der Waals surface area contributed by atoms with Gasteiger partial charge in [-0.3, -0.25) is 19.3 Å². The van der Waals surface area contributed by atoms with Crippen LogP contribution >= 0.6 is 0 Å². The van der Waals surface area contributed by atoms with Crippen LogP contribution in [0.4, 0.5) is 0 Å². The number of nitrogens with one attached hydrogen (secondary N) is 1. The van der Waals surface area contributed by atoms with Gasteiger partial charge in [0.2, 0.25) is 5.91 Å². The average Bonchev–Trinajstić information content (AvgIpc) is 3.02. The molecule has 5 rings (SSSR count). The van der Waals surface area contributed by atoms with Crippen LogP contribution in [0.15, 0.2) is 24.3 Å². The third-order valence-corrected chi connectivity index (χ3v) is 6.00. The maximum atomic E-state index is 12.9. The van der Waals surface area contributed by atoms with Crippen LogP contribution in [0.2, 0.25) is 0 Å². The summed E-state index contributed by atoms with van der Waals surface area (Å²) in [5, 5.41) is 3.07. The van der Waals surface area contributed by atoms with E-state index >= 15 is 0 Å². The van der Waals surface area contributed by atoms with Crippen LogP contribution in [0.1, 0.15) is 40.0 Å². The van der Waals surface area contributed by atoms with Crippen molar-refractivity contribution in [2.45, 2.75) is 30.3 Å². The van der Waals surface area contributed by atoms with Gasteiger partial charge in [-0.15, -0.1) is 0 Å². The topological polar surface area (TPSA) is 75.7 Å². The number of ether oxygens (including phenoxy) is 1. The van der Waals surface area contributed by atoms with Crippen LogP contribution in [-0.2, 0) is 9.53 Å². The van der Waals surface area contributed by atoms with Crippen LogP contribution in [-0.4, -0.2) is 46.9 Å². The van der Waals surface area contributed by atoms with Gasteiger partial charge in [-0.2, -0.15) is 0 Å². The van der Waals surface area contributed by atoms with Crippen molar-refractivity contribution in [1.82, 2.24) is 10.2 Å². The Morgan fingerprint density at radius 3 is 2.30 bits per heavy atom. The third kappa shape index (κ3) is 1.40. The molecule has 1 aliphatic carbocycles. The number of hydrogen-bond acceptors (Lipinski definition) is 4. The minimum Gasteiger partial charge on any atom is -0.376 e. The molecule has 0 radical (unpaired) electrons. The second-order valence-electron chi connectivity index (χ2n) is 7.07. The van der Waals surface area contributed by atoms with E-state index in [0.717, 1.165) is 6.42 Å². The lowest BCUT2D eigenvalue weighted by molar-refractivity contribution is -0.155. The first-order valence-electron chi connectivity index (χ1n) is 7.96. The molecule has 118 valence electrons. The van der Waals surface area contributed by atoms with E-state index in [-0.39, 0.29) is 29.2 Å². The molecule has 1 aromatic carbocycles. The summed E-state index contributed by atoms with van der Waals surface area (Å²) in [6.07, 6.45) is 1.92. The molecule has 3 aliphatic heterocycles. The summed E-state index contributed by atoms with van der Waals surface area (Å²) in [6, 6.07) is 6.79. The number of piperidine rings is 1. The summed E-state index contributed by atoms with van der Waals surface area (Å²) in [6.45, 7) is 1.06. The molecule has 2 atom stereocenters. The molecule has 6 nitrogen and oxygen atoms in total. The molecule has 6 heteroatoms. The van der Waals surface area contributed by atoms with Crippen LogP contribution in [0.5, 0.6) is 0 Å². The van der Waals surface area contributed by atoms with Crippen LogP contribution in [0, 0.1) is 5.92 Å². The lowest BCUT2D eigenvalue weighted by Gasteiger charge is -2.52. The van der Waals surface area contributed by atoms with Gasteiger partial charge in [0.25, 0.3) is 11.8 Å². The highest BCUT2D eigenvalue weighted by molar-refractivity contribution is 6.23. The van der Waals surface area contributed by atoms with Crippen molar-refractivity contribution in [2.24, 2.45) is 5.92 Å². The predicted molar refractivity (Wildman–Crippen MR) is 78.7 cm³/mol. The second kappa shape index (κ2) is 4.00. The number of rotatable bonds is 1. The molecule has 23 heavy (non-hydrogen) atoms. The van der Waals surface area contributed by atoms with E-state index in [2.05, 4.69) is 5.32 Å². The molecule has 3 heterocycles. The zero-order chi connectivity index (χ0) is 15.8. The Hall–Kier alpha value is -2.21. The van der Waals surface area contributed by atoms with Crippen LogP contribution in [0.3, 0.4) is 0 Å². The van der Waals surface area contributed by atoms with E-state index in [1.54, 1.807) is 24.3 Å². The number of benzene rings is 1. The molecular formula is C17H16N2O4. The van der Waals surface area contributed by atoms with Gasteiger partial charge in [0, 0.05) is 0 Å². The van der Waals surface area contributed by atoms with Gasteiger partial charge in [-0.05, 0) is 37.3 Å². The Bertz CT molecular complexity index is 735. The molecule has 2 saturated heterocycles. The molecule has 1 saturated carbocycles. The highest BCUT2D eigenvalue weighted by Crippen LogP contribution is 2.51. The molecule has 0 aromatic heterocycles. The number of fused-ring (bicyclic) bond motifs is 4. The first-order valence-corrected chi connectivity index (χ1v) is 7.96. The van der Waals surface area contributed by atoms with Crippen molar-refractivity contribution in [3.63, 3.8) is 0 Å². The van der Waals surface area contributed by atoms with E-state index in [4.69, 9.17) is 4.74 Å². The molecule has 1 aromatic rings.